The SMILES string of the molecule is CCc1nc(C2CCNCC2)oc1CC. The van der Waals surface area contributed by atoms with Gasteiger partial charge in [-0.3, -0.25) is 0 Å². The summed E-state index contributed by atoms with van der Waals surface area (Å²) in [6.45, 7) is 6.46. The van der Waals surface area contributed by atoms with E-state index < -0.39 is 0 Å². The fourth-order valence-corrected chi connectivity index (χ4v) is 2.20. The molecular weight excluding hydrogens is 188 g/mol. The Morgan fingerprint density at radius 2 is 2.00 bits per heavy atom. The molecule has 15 heavy (non-hydrogen) atoms. The first-order chi connectivity index (χ1) is 7.35. The fraction of sp³-hybridized carbons (Fsp3) is 0.750. The highest BCUT2D eigenvalue weighted by Crippen LogP contribution is 2.26. The Morgan fingerprint density at radius 1 is 1.27 bits per heavy atom. The van der Waals surface area contributed by atoms with E-state index in [-0.39, 0.29) is 0 Å². The molecule has 1 aromatic heterocycles. The van der Waals surface area contributed by atoms with Crippen molar-refractivity contribution in [3.8, 4) is 0 Å². The number of aryl methyl sites for hydroxylation is 2. The summed E-state index contributed by atoms with van der Waals surface area (Å²) in [5.74, 6) is 2.60. The van der Waals surface area contributed by atoms with Crippen LogP contribution in [0, 0.1) is 0 Å². The van der Waals surface area contributed by atoms with E-state index in [1.807, 2.05) is 0 Å². The summed E-state index contributed by atoms with van der Waals surface area (Å²) >= 11 is 0. The average Bonchev–Trinajstić information content (AvgIpc) is 2.73. The van der Waals surface area contributed by atoms with Crippen LogP contribution in [0.25, 0.3) is 0 Å². The van der Waals surface area contributed by atoms with E-state index in [1.54, 1.807) is 0 Å². The van der Waals surface area contributed by atoms with Crippen LogP contribution in [-0.4, -0.2) is 18.1 Å². The van der Waals surface area contributed by atoms with E-state index in [1.165, 1.54) is 0 Å². The number of oxazole rings is 1. The van der Waals surface area contributed by atoms with Crippen LogP contribution in [0.5, 0.6) is 0 Å². The zero-order valence-electron chi connectivity index (χ0n) is 9.68. The molecule has 1 aliphatic rings. The second kappa shape index (κ2) is 4.79. The van der Waals surface area contributed by atoms with Gasteiger partial charge in [0, 0.05) is 12.3 Å². The minimum Gasteiger partial charge on any atom is -0.445 e. The van der Waals surface area contributed by atoms with E-state index in [9.17, 15) is 0 Å². The highest BCUT2D eigenvalue weighted by molar-refractivity contribution is 5.12. The maximum atomic E-state index is 5.86. The van der Waals surface area contributed by atoms with E-state index in [2.05, 4.69) is 24.1 Å². The Morgan fingerprint density at radius 3 is 2.53 bits per heavy atom. The van der Waals surface area contributed by atoms with Crippen LogP contribution < -0.4 is 5.32 Å². The Hall–Kier alpha value is -0.830. The number of nitrogens with one attached hydrogen (secondary N) is 1. The van der Waals surface area contributed by atoms with Crippen LogP contribution in [0.2, 0.25) is 0 Å². The molecule has 0 unspecified atom stereocenters. The van der Waals surface area contributed by atoms with Crippen molar-refractivity contribution in [3.05, 3.63) is 17.3 Å². The molecule has 3 heteroatoms. The lowest BCUT2D eigenvalue weighted by atomic mass is 9.98. The van der Waals surface area contributed by atoms with Gasteiger partial charge in [0.25, 0.3) is 0 Å². The largest absolute Gasteiger partial charge is 0.445 e. The van der Waals surface area contributed by atoms with Gasteiger partial charge in [0.1, 0.15) is 5.76 Å². The lowest BCUT2D eigenvalue weighted by Crippen LogP contribution is -2.26. The summed E-state index contributed by atoms with van der Waals surface area (Å²) in [6, 6.07) is 0. The number of nitrogens with zero attached hydrogens (tertiary/aromatic N) is 1. The van der Waals surface area contributed by atoms with Crippen LogP contribution in [0.3, 0.4) is 0 Å². The lowest BCUT2D eigenvalue weighted by Gasteiger charge is -2.19. The van der Waals surface area contributed by atoms with E-state index in [4.69, 9.17) is 4.42 Å². The molecule has 1 saturated heterocycles. The summed E-state index contributed by atoms with van der Waals surface area (Å²) in [5, 5.41) is 3.36. The minimum absolute atomic E-state index is 0.539. The van der Waals surface area contributed by atoms with Gasteiger partial charge in [-0.2, -0.15) is 0 Å². The number of rotatable bonds is 3. The van der Waals surface area contributed by atoms with Gasteiger partial charge in [-0.1, -0.05) is 13.8 Å². The van der Waals surface area contributed by atoms with Crippen molar-refractivity contribution in [1.82, 2.24) is 10.3 Å². The predicted molar refractivity (Wildman–Crippen MR) is 60.1 cm³/mol. The highest BCUT2D eigenvalue weighted by atomic mass is 16.4. The zero-order valence-corrected chi connectivity index (χ0v) is 9.68. The standard InChI is InChI=1S/C12H20N2O/c1-3-10-11(4-2)15-12(14-10)9-5-7-13-8-6-9/h9,13H,3-8H2,1-2H3. The van der Waals surface area contributed by atoms with Crippen LogP contribution in [0.1, 0.15) is 50.0 Å². The van der Waals surface area contributed by atoms with Crippen LogP contribution in [0.15, 0.2) is 4.42 Å². The maximum Gasteiger partial charge on any atom is 0.197 e. The van der Waals surface area contributed by atoms with Gasteiger partial charge in [0.2, 0.25) is 0 Å². The van der Waals surface area contributed by atoms with Gasteiger partial charge in [-0.25, -0.2) is 4.98 Å². The van der Waals surface area contributed by atoms with Gasteiger partial charge in [-0.05, 0) is 32.4 Å². The molecule has 1 aliphatic heterocycles. The monoisotopic (exact) mass is 208 g/mol. The van der Waals surface area contributed by atoms with Crippen molar-refractivity contribution < 1.29 is 4.42 Å². The first-order valence-corrected chi connectivity index (χ1v) is 6.04. The quantitative estimate of drug-likeness (QED) is 0.828. The van der Waals surface area contributed by atoms with Crippen molar-refractivity contribution in [2.45, 2.75) is 45.4 Å². The molecule has 0 aliphatic carbocycles. The number of hydrogen-bond acceptors (Lipinski definition) is 3. The smallest absolute Gasteiger partial charge is 0.197 e. The van der Waals surface area contributed by atoms with Crippen LogP contribution >= 0.6 is 0 Å². The van der Waals surface area contributed by atoms with Crippen molar-refractivity contribution in [1.29, 1.82) is 0 Å². The molecular formula is C12H20N2O. The van der Waals surface area contributed by atoms with Gasteiger partial charge in [0.05, 0.1) is 5.69 Å². The molecule has 0 amide bonds. The number of aromatic nitrogens is 1. The van der Waals surface area contributed by atoms with Gasteiger partial charge >= 0.3 is 0 Å². The molecule has 0 saturated carbocycles. The highest BCUT2D eigenvalue weighted by Gasteiger charge is 2.21. The van der Waals surface area contributed by atoms with Gasteiger partial charge in [0.15, 0.2) is 5.89 Å². The van der Waals surface area contributed by atoms with Crippen LogP contribution in [-0.2, 0) is 12.8 Å². The van der Waals surface area contributed by atoms with Crippen molar-refractivity contribution in [2.75, 3.05) is 13.1 Å². The van der Waals surface area contributed by atoms with E-state index in [0.717, 1.165) is 56.1 Å². The maximum absolute atomic E-state index is 5.86. The Kier molecular flexibility index (Phi) is 3.41. The summed E-state index contributed by atoms with van der Waals surface area (Å²) in [7, 11) is 0. The lowest BCUT2D eigenvalue weighted by molar-refractivity contribution is 0.362. The third kappa shape index (κ3) is 2.23. The first-order valence-electron chi connectivity index (χ1n) is 6.04. The second-order valence-electron chi connectivity index (χ2n) is 4.15. The third-order valence-electron chi connectivity index (χ3n) is 3.14. The molecule has 0 spiro atoms. The van der Waals surface area contributed by atoms with Gasteiger partial charge in [-0.15, -0.1) is 0 Å². The fourth-order valence-electron chi connectivity index (χ4n) is 2.20. The molecule has 0 aromatic carbocycles. The zero-order chi connectivity index (χ0) is 10.7. The molecule has 0 atom stereocenters. The van der Waals surface area contributed by atoms with Crippen molar-refractivity contribution >= 4 is 0 Å². The van der Waals surface area contributed by atoms with E-state index in [0.29, 0.717) is 5.92 Å². The molecule has 2 rings (SSSR count). The Labute approximate surface area is 91.3 Å². The molecule has 1 aromatic rings. The van der Waals surface area contributed by atoms with E-state index >= 15 is 0 Å². The summed E-state index contributed by atoms with van der Waals surface area (Å²) in [6.07, 6.45) is 4.26. The molecule has 1 fully saturated rings. The van der Waals surface area contributed by atoms with Crippen molar-refractivity contribution in [2.24, 2.45) is 0 Å². The molecule has 1 N–H and O–H groups in total. The summed E-state index contributed by atoms with van der Waals surface area (Å²) in [4.78, 5) is 4.63. The third-order valence-corrected chi connectivity index (χ3v) is 3.14. The Bertz CT molecular complexity index is 292. The topological polar surface area (TPSA) is 38.1 Å². The average molecular weight is 208 g/mol. The van der Waals surface area contributed by atoms with Crippen molar-refractivity contribution in [3.63, 3.8) is 0 Å². The molecule has 84 valence electrons. The number of piperidine rings is 1. The molecule has 0 bridgehead atoms. The summed E-state index contributed by atoms with van der Waals surface area (Å²) < 4.78 is 5.86. The normalized spacial score (nSPS) is 18.3. The summed E-state index contributed by atoms with van der Waals surface area (Å²) in [5.41, 5.74) is 1.16. The first kappa shape index (κ1) is 10.7. The molecule has 3 nitrogen and oxygen atoms in total. The molecule has 0 radical (unpaired) electrons. The predicted octanol–water partition coefficient (Wildman–Crippen LogP) is 2.27. The second-order valence-corrected chi connectivity index (χ2v) is 4.15. The van der Waals surface area contributed by atoms with Crippen LogP contribution in [0.4, 0.5) is 0 Å². The minimum atomic E-state index is 0.539. The Balaban J connectivity index is 2.16. The molecule has 2 heterocycles. The number of hydrogen-bond donors (Lipinski definition) is 1. The van der Waals surface area contributed by atoms with Gasteiger partial charge < -0.3 is 9.73 Å².